The van der Waals surface area contributed by atoms with E-state index in [4.69, 9.17) is 5.73 Å². The number of hydrogen-bond donors (Lipinski definition) is 2. The molecule has 0 unspecified atom stereocenters. The average Bonchev–Trinajstić information content (AvgIpc) is 2.95. The van der Waals surface area contributed by atoms with Crippen LogP contribution in [-0.4, -0.2) is 26.3 Å². The molecular formula is C12H14N6S. The summed E-state index contributed by atoms with van der Waals surface area (Å²) in [6.45, 7) is 0.763. The molecule has 0 radical (unpaired) electrons. The molecule has 3 aromatic rings. The van der Waals surface area contributed by atoms with Gasteiger partial charge in [0, 0.05) is 25.7 Å². The molecule has 0 aliphatic heterocycles. The molecule has 98 valence electrons. The largest absolute Gasteiger partial charge is 0.399 e. The molecule has 0 saturated carbocycles. The number of aromatic nitrogens is 4. The Kier molecular flexibility index (Phi) is 3.04. The van der Waals surface area contributed by atoms with Gasteiger partial charge in [-0.05, 0) is 18.2 Å². The first kappa shape index (κ1) is 11.9. The Morgan fingerprint density at radius 3 is 3.11 bits per heavy atom. The second-order valence-corrected chi connectivity index (χ2v) is 5.29. The van der Waals surface area contributed by atoms with Crippen molar-refractivity contribution in [3.8, 4) is 0 Å². The van der Waals surface area contributed by atoms with Crippen molar-refractivity contribution in [3.63, 3.8) is 0 Å². The van der Waals surface area contributed by atoms with Crippen molar-refractivity contribution < 1.29 is 0 Å². The molecule has 6 nitrogen and oxygen atoms in total. The standard InChI is InChI=1S/C12H14N6S/c1-18-7-15-11(17-18)4-5-14-12-16-9-3-2-8(13)6-10(9)19-12/h2-3,6-7H,4-5,13H2,1H3,(H,14,16). The molecule has 0 spiro atoms. The summed E-state index contributed by atoms with van der Waals surface area (Å²) >= 11 is 1.60. The fraction of sp³-hybridized carbons (Fsp3) is 0.250. The Hall–Kier alpha value is -2.15. The third-order valence-electron chi connectivity index (χ3n) is 2.68. The van der Waals surface area contributed by atoms with Crippen LogP contribution in [-0.2, 0) is 13.5 Å². The van der Waals surface area contributed by atoms with E-state index in [0.29, 0.717) is 0 Å². The van der Waals surface area contributed by atoms with Crippen LogP contribution in [0.1, 0.15) is 5.82 Å². The molecule has 7 heteroatoms. The average molecular weight is 274 g/mol. The van der Waals surface area contributed by atoms with Crippen LogP contribution >= 0.6 is 11.3 Å². The number of aryl methyl sites for hydroxylation is 1. The molecule has 0 aliphatic carbocycles. The van der Waals surface area contributed by atoms with Crippen molar-refractivity contribution in [2.75, 3.05) is 17.6 Å². The highest BCUT2D eigenvalue weighted by molar-refractivity contribution is 7.22. The zero-order valence-corrected chi connectivity index (χ0v) is 11.3. The lowest BCUT2D eigenvalue weighted by Crippen LogP contribution is -2.06. The molecule has 0 fully saturated rings. The summed E-state index contributed by atoms with van der Waals surface area (Å²) in [6.07, 6.45) is 2.48. The number of nitrogens with two attached hydrogens (primary N) is 1. The number of nitrogens with zero attached hydrogens (tertiary/aromatic N) is 4. The summed E-state index contributed by atoms with van der Waals surface area (Å²) in [4.78, 5) is 8.68. The van der Waals surface area contributed by atoms with E-state index in [1.807, 2.05) is 25.2 Å². The van der Waals surface area contributed by atoms with Gasteiger partial charge in [0.1, 0.15) is 6.33 Å². The normalized spacial score (nSPS) is 11.0. The number of anilines is 2. The molecule has 19 heavy (non-hydrogen) atoms. The van der Waals surface area contributed by atoms with Gasteiger partial charge in [-0.25, -0.2) is 9.97 Å². The number of thiazole rings is 1. The van der Waals surface area contributed by atoms with Crippen molar-refractivity contribution in [1.29, 1.82) is 0 Å². The third-order valence-corrected chi connectivity index (χ3v) is 3.66. The Balaban J connectivity index is 1.65. The lowest BCUT2D eigenvalue weighted by molar-refractivity contribution is 0.742. The maximum absolute atomic E-state index is 5.75. The molecule has 0 atom stereocenters. The van der Waals surface area contributed by atoms with Gasteiger partial charge in [0.05, 0.1) is 10.2 Å². The van der Waals surface area contributed by atoms with Gasteiger partial charge in [-0.1, -0.05) is 11.3 Å². The monoisotopic (exact) mass is 274 g/mol. The highest BCUT2D eigenvalue weighted by atomic mass is 32.1. The Bertz CT molecular complexity index is 701. The number of nitrogens with one attached hydrogen (secondary N) is 1. The van der Waals surface area contributed by atoms with E-state index in [9.17, 15) is 0 Å². The van der Waals surface area contributed by atoms with Gasteiger partial charge in [-0.2, -0.15) is 5.10 Å². The van der Waals surface area contributed by atoms with Crippen LogP contribution in [0.15, 0.2) is 24.5 Å². The van der Waals surface area contributed by atoms with E-state index in [1.54, 1.807) is 22.3 Å². The molecule has 0 bridgehead atoms. The van der Waals surface area contributed by atoms with E-state index in [-0.39, 0.29) is 0 Å². The first-order valence-corrected chi connectivity index (χ1v) is 6.77. The lowest BCUT2D eigenvalue weighted by Gasteiger charge is -1.98. The summed E-state index contributed by atoms with van der Waals surface area (Å²) in [7, 11) is 1.86. The van der Waals surface area contributed by atoms with Gasteiger partial charge in [-0.15, -0.1) is 0 Å². The van der Waals surface area contributed by atoms with Crippen LogP contribution in [0, 0.1) is 0 Å². The van der Waals surface area contributed by atoms with Crippen LogP contribution in [0.3, 0.4) is 0 Å². The molecule has 2 heterocycles. The van der Waals surface area contributed by atoms with Crippen LogP contribution in [0.2, 0.25) is 0 Å². The quantitative estimate of drug-likeness (QED) is 0.707. The van der Waals surface area contributed by atoms with Gasteiger partial charge in [0.15, 0.2) is 11.0 Å². The summed E-state index contributed by atoms with van der Waals surface area (Å²) in [6, 6.07) is 5.74. The predicted molar refractivity (Wildman–Crippen MR) is 77.2 cm³/mol. The molecule has 3 rings (SSSR count). The highest BCUT2D eigenvalue weighted by Crippen LogP contribution is 2.27. The lowest BCUT2D eigenvalue weighted by atomic mass is 10.3. The Morgan fingerprint density at radius 1 is 1.42 bits per heavy atom. The first-order valence-electron chi connectivity index (χ1n) is 5.95. The van der Waals surface area contributed by atoms with Gasteiger partial charge in [0.2, 0.25) is 0 Å². The number of benzene rings is 1. The van der Waals surface area contributed by atoms with Crippen molar-refractivity contribution >= 4 is 32.4 Å². The minimum absolute atomic E-state index is 0.763. The summed E-state index contributed by atoms with van der Waals surface area (Å²) < 4.78 is 2.80. The van der Waals surface area contributed by atoms with Crippen LogP contribution in [0.5, 0.6) is 0 Å². The van der Waals surface area contributed by atoms with Gasteiger partial charge < -0.3 is 11.1 Å². The van der Waals surface area contributed by atoms with Gasteiger partial charge in [0.25, 0.3) is 0 Å². The smallest absolute Gasteiger partial charge is 0.183 e. The number of rotatable bonds is 4. The number of nitrogen functional groups attached to an aromatic ring is 1. The molecule has 1 aromatic carbocycles. The van der Waals surface area contributed by atoms with Gasteiger partial charge in [-0.3, -0.25) is 4.68 Å². The second kappa shape index (κ2) is 4.85. The molecular weight excluding hydrogens is 260 g/mol. The van der Waals surface area contributed by atoms with Gasteiger partial charge >= 0.3 is 0 Å². The summed E-state index contributed by atoms with van der Waals surface area (Å²) in [5, 5.41) is 8.42. The van der Waals surface area contributed by atoms with Crippen LogP contribution < -0.4 is 11.1 Å². The van der Waals surface area contributed by atoms with Crippen molar-refractivity contribution in [2.24, 2.45) is 7.05 Å². The molecule has 0 aliphatic rings. The Morgan fingerprint density at radius 2 is 2.32 bits per heavy atom. The summed E-state index contributed by atoms with van der Waals surface area (Å²) in [5.74, 6) is 0.834. The van der Waals surface area contributed by atoms with Crippen molar-refractivity contribution in [1.82, 2.24) is 19.7 Å². The molecule has 0 amide bonds. The minimum Gasteiger partial charge on any atom is -0.399 e. The topological polar surface area (TPSA) is 81.7 Å². The summed E-state index contributed by atoms with van der Waals surface area (Å²) in [5.41, 5.74) is 7.49. The maximum atomic E-state index is 5.75. The second-order valence-electron chi connectivity index (χ2n) is 4.26. The fourth-order valence-electron chi connectivity index (χ4n) is 1.80. The van der Waals surface area contributed by atoms with E-state index in [0.717, 1.165) is 39.8 Å². The zero-order chi connectivity index (χ0) is 13.2. The predicted octanol–water partition coefficient (Wildman–Crippen LogP) is 1.66. The van der Waals surface area contributed by atoms with Crippen molar-refractivity contribution in [3.05, 3.63) is 30.4 Å². The van der Waals surface area contributed by atoms with Crippen molar-refractivity contribution in [2.45, 2.75) is 6.42 Å². The fourth-order valence-corrected chi connectivity index (χ4v) is 2.74. The maximum Gasteiger partial charge on any atom is 0.183 e. The third kappa shape index (κ3) is 2.65. The molecule has 0 saturated heterocycles. The molecule has 3 N–H and O–H groups in total. The van der Waals surface area contributed by atoms with E-state index < -0.39 is 0 Å². The minimum atomic E-state index is 0.763. The van der Waals surface area contributed by atoms with E-state index in [1.165, 1.54) is 0 Å². The van der Waals surface area contributed by atoms with E-state index in [2.05, 4.69) is 20.4 Å². The number of hydrogen-bond acceptors (Lipinski definition) is 6. The van der Waals surface area contributed by atoms with E-state index >= 15 is 0 Å². The van der Waals surface area contributed by atoms with Crippen LogP contribution in [0.4, 0.5) is 10.8 Å². The molecule has 2 aromatic heterocycles. The highest BCUT2D eigenvalue weighted by Gasteiger charge is 2.04. The Labute approximate surface area is 114 Å². The SMILES string of the molecule is Cn1cnc(CCNc2nc3ccc(N)cc3s2)n1. The number of fused-ring (bicyclic) bond motifs is 1. The zero-order valence-electron chi connectivity index (χ0n) is 10.5. The first-order chi connectivity index (χ1) is 9.20. The van der Waals surface area contributed by atoms with Crippen LogP contribution in [0.25, 0.3) is 10.2 Å².